The molecule has 3 fully saturated rings. The highest BCUT2D eigenvalue weighted by Crippen LogP contribution is 2.41. The zero-order valence-corrected chi connectivity index (χ0v) is 27.4. The number of rotatable bonds is 8. The number of fused-ring (bicyclic) bond motifs is 3. The van der Waals surface area contributed by atoms with Crippen LogP contribution in [0.15, 0.2) is 42.2 Å². The van der Waals surface area contributed by atoms with Crippen molar-refractivity contribution in [1.82, 2.24) is 19.8 Å². The van der Waals surface area contributed by atoms with E-state index >= 15 is 0 Å². The van der Waals surface area contributed by atoms with Crippen LogP contribution < -0.4 is 14.5 Å². The fourth-order valence-corrected chi connectivity index (χ4v) is 8.28. The topological polar surface area (TPSA) is 89.6 Å². The van der Waals surface area contributed by atoms with Gasteiger partial charge in [-0.25, -0.2) is 15.4 Å². The average Bonchev–Trinajstić information content (AvgIpc) is 3.69. The SMILES string of the molecule is [C-]#[N+]C[C@H]1CN(c2nc(OCC34CCCN3CCC4)nc3c2CCN(c2cccc4ccc(F)c(Cl)c24)C3)CCN1C(=O)/C(F)=C/CO. The van der Waals surface area contributed by atoms with Crippen LogP contribution in [0.4, 0.5) is 20.3 Å². The number of hydrogen-bond donors (Lipinski definition) is 1. The summed E-state index contributed by atoms with van der Waals surface area (Å²) < 4.78 is 35.5. The molecule has 48 heavy (non-hydrogen) atoms. The zero-order chi connectivity index (χ0) is 33.4. The van der Waals surface area contributed by atoms with Gasteiger partial charge in [0.15, 0.2) is 5.83 Å². The first kappa shape index (κ1) is 32.5. The van der Waals surface area contributed by atoms with E-state index in [0.29, 0.717) is 43.9 Å². The third-order valence-corrected chi connectivity index (χ3v) is 10.7. The van der Waals surface area contributed by atoms with Crippen LogP contribution in [0.5, 0.6) is 6.01 Å². The molecule has 0 unspecified atom stereocenters. The van der Waals surface area contributed by atoms with Crippen molar-refractivity contribution in [2.24, 2.45) is 0 Å². The molecule has 0 radical (unpaired) electrons. The van der Waals surface area contributed by atoms with E-state index in [1.807, 2.05) is 18.2 Å². The fourth-order valence-electron chi connectivity index (χ4n) is 8.02. The first-order valence-corrected chi connectivity index (χ1v) is 16.9. The minimum absolute atomic E-state index is 0.00416. The summed E-state index contributed by atoms with van der Waals surface area (Å²) in [6.07, 6.45) is 5.86. The molecule has 0 bridgehead atoms. The van der Waals surface area contributed by atoms with Crippen LogP contribution in [0, 0.1) is 12.4 Å². The van der Waals surface area contributed by atoms with E-state index in [0.717, 1.165) is 67.2 Å². The van der Waals surface area contributed by atoms with Crippen LogP contribution in [-0.4, -0.2) is 101 Å². The number of nitrogens with zero attached hydrogens (tertiary/aromatic N) is 7. The Hall–Kier alpha value is -4.05. The Morgan fingerprint density at radius 3 is 2.71 bits per heavy atom. The van der Waals surface area contributed by atoms with Crippen molar-refractivity contribution in [3.63, 3.8) is 0 Å². The second kappa shape index (κ2) is 13.5. The normalized spacial score (nSPS) is 20.9. The largest absolute Gasteiger partial charge is 0.461 e. The van der Waals surface area contributed by atoms with Gasteiger partial charge in [0.05, 0.1) is 29.4 Å². The summed E-state index contributed by atoms with van der Waals surface area (Å²) >= 11 is 6.51. The molecule has 7 rings (SSSR count). The van der Waals surface area contributed by atoms with E-state index in [2.05, 4.69) is 19.5 Å². The van der Waals surface area contributed by atoms with E-state index in [9.17, 15) is 13.6 Å². The second-order valence-electron chi connectivity index (χ2n) is 13.0. The Morgan fingerprint density at radius 2 is 1.94 bits per heavy atom. The predicted molar refractivity (Wildman–Crippen MR) is 179 cm³/mol. The van der Waals surface area contributed by atoms with Crippen molar-refractivity contribution in [2.75, 3.05) is 68.8 Å². The average molecular weight is 678 g/mol. The molecule has 1 amide bonds. The van der Waals surface area contributed by atoms with Crippen LogP contribution in [-0.2, 0) is 17.8 Å². The molecule has 2 aromatic carbocycles. The molecular weight excluding hydrogens is 640 g/mol. The lowest BCUT2D eigenvalue weighted by atomic mass is 9.95. The molecule has 1 atom stereocenters. The fraction of sp³-hybridized carbons (Fsp3) is 0.486. The van der Waals surface area contributed by atoms with E-state index in [1.54, 1.807) is 6.07 Å². The number of carbonyl (C=O) groups is 1. The van der Waals surface area contributed by atoms with Crippen LogP contribution in [0.1, 0.15) is 36.9 Å². The van der Waals surface area contributed by atoms with Gasteiger partial charge < -0.3 is 29.4 Å². The first-order chi connectivity index (χ1) is 23.3. The Labute approximate surface area is 283 Å². The smallest absolute Gasteiger partial charge is 0.318 e. The standard InChI is InChI=1S/C35H38ClF2N7O3/c1-39-19-24-20-43(16-17-45(24)33(47)27(38)10-18-46)32-25-9-15-42(29-6-2-5-23-7-8-26(37)31(36)30(23)29)21-28(25)40-34(41-32)48-22-35-11-3-13-44(35)14-4-12-35/h2,5-8,10,24,46H,3-4,9,11-22H2/b27-10-/t24-/m0/s1. The molecule has 5 heterocycles. The number of aliphatic hydroxyl groups excluding tert-OH is 1. The van der Waals surface area contributed by atoms with Crippen molar-refractivity contribution in [3.05, 3.63) is 75.7 Å². The minimum Gasteiger partial charge on any atom is -0.461 e. The number of amides is 1. The number of benzene rings is 2. The number of hydrogen-bond acceptors (Lipinski definition) is 8. The number of anilines is 2. The van der Waals surface area contributed by atoms with Gasteiger partial charge in [0.25, 0.3) is 5.91 Å². The molecule has 1 aromatic heterocycles. The van der Waals surface area contributed by atoms with Crippen LogP contribution in [0.3, 0.4) is 0 Å². The Morgan fingerprint density at radius 1 is 1.12 bits per heavy atom. The van der Waals surface area contributed by atoms with E-state index in [4.69, 9.17) is 38.0 Å². The van der Waals surface area contributed by atoms with E-state index in [1.165, 1.54) is 11.0 Å². The number of aromatic nitrogens is 2. The number of carbonyl (C=O) groups excluding carboxylic acids is 1. The molecule has 1 N–H and O–H groups in total. The molecular formula is C35H38ClF2N7O3. The lowest BCUT2D eigenvalue weighted by molar-refractivity contribution is -0.131. The van der Waals surface area contributed by atoms with Crippen molar-refractivity contribution in [2.45, 2.75) is 50.2 Å². The maximum atomic E-state index is 14.6. The lowest BCUT2D eigenvalue weighted by Gasteiger charge is -2.41. The molecule has 0 aliphatic carbocycles. The number of piperazine rings is 1. The third-order valence-electron chi connectivity index (χ3n) is 10.4. The predicted octanol–water partition coefficient (Wildman–Crippen LogP) is 4.77. The lowest BCUT2D eigenvalue weighted by Crippen LogP contribution is -2.57. The summed E-state index contributed by atoms with van der Waals surface area (Å²) in [6, 6.07) is 8.61. The molecule has 4 aliphatic heterocycles. The first-order valence-electron chi connectivity index (χ1n) is 16.6. The summed E-state index contributed by atoms with van der Waals surface area (Å²) in [6.45, 7) is 11.4. The highest BCUT2D eigenvalue weighted by molar-refractivity contribution is 6.36. The summed E-state index contributed by atoms with van der Waals surface area (Å²) in [7, 11) is 0. The number of ether oxygens (including phenoxy) is 1. The molecule has 10 nitrogen and oxygen atoms in total. The maximum absolute atomic E-state index is 14.6. The number of aliphatic hydroxyl groups is 1. The van der Waals surface area contributed by atoms with Gasteiger partial charge in [-0.1, -0.05) is 29.8 Å². The Bertz CT molecular complexity index is 1790. The molecule has 4 aliphatic rings. The summed E-state index contributed by atoms with van der Waals surface area (Å²) in [5.74, 6) is -1.64. The zero-order valence-electron chi connectivity index (χ0n) is 26.7. The quantitative estimate of drug-likeness (QED) is 0.270. The summed E-state index contributed by atoms with van der Waals surface area (Å²) in [4.78, 5) is 34.5. The molecule has 3 aromatic rings. The molecule has 13 heteroatoms. The number of halogens is 3. The molecule has 252 valence electrons. The highest BCUT2D eigenvalue weighted by atomic mass is 35.5. The van der Waals surface area contributed by atoms with Gasteiger partial charge in [0.1, 0.15) is 24.3 Å². The van der Waals surface area contributed by atoms with Crippen molar-refractivity contribution in [1.29, 1.82) is 0 Å². The molecule has 3 saturated heterocycles. The van der Waals surface area contributed by atoms with Crippen molar-refractivity contribution < 1.29 is 23.4 Å². The van der Waals surface area contributed by atoms with E-state index < -0.39 is 30.2 Å². The summed E-state index contributed by atoms with van der Waals surface area (Å²) in [5, 5.41) is 10.7. The second-order valence-corrected chi connectivity index (χ2v) is 13.4. The van der Waals surface area contributed by atoms with Gasteiger partial charge in [-0.3, -0.25) is 9.69 Å². The van der Waals surface area contributed by atoms with Gasteiger partial charge in [-0.05, 0) is 68.8 Å². The Balaban J connectivity index is 1.23. The van der Waals surface area contributed by atoms with Crippen molar-refractivity contribution >= 4 is 39.8 Å². The van der Waals surface area contributed by atoms with Gasteiger partial charge >= 0.3 is 6.01 Å². The molecule has 0 saturated carbocycles. The van der Waals surface area contributed by atoms with Gasteiger partial charge in [0.2, 0.25) is 6.54 Å². The van der Waals surface area contributed by atoms with E-state index in [-0.39, 0.29) is 36.2 Å². The summed E-state index contributed by atoms with van der Waals surface area (Å²) in [5.41, 5.74) is 2.55. The van der Waals surface area contributed by atoms with Gasteiger partial charge in [-0.2, -0.15) is 9.97 Å². The van der Waals surface area contributed by atoms with Crippen LogP contribution in [0.25, 0.3) is 15.6 Å². The maximum Gasteiger partial charge on any atom is 0.318 e. The third kappa shape index (κ3) is 5.93. The Kier molecular flexibility index (Phi) is 9.11. The van der Waals surface area contributed by atoms with Crippen LogP contribution in [0.2, 0.25) is 5.02 Å². The van der Waals surface area contributed by atoms with Gasteiger partial charge in [-0.15, -0.1) is 0 Å². The van der Waals surface area contributed by atoms with Gasteiger partial charge in [0, 0.05) is 42.8 Å². The highest BCUT2D eigenvalue weighted by Gasteiger charge is 2.45. The monoisotopic (exact) mass is 677 g/mol. The minimum atomic E-state index is -1.03. The molecule has 0 spiro atoms. The van der Waals surface area contributed by atoms with Crippen LogP contribution >= 0.6 is 11.6 Å². The van der Waals surface area contributed by atoms with Crippen molar-refractivity contribution in [3.8, 4) is 6.01 Å².